The lowest BCUT2D eigenvalue weighted by atomic mass is 10.1. The molecule has 0 unspecified atom stereocenters. The third-order valence-corrected chi connectivity index (χ3v) is 4.01. The molecule has 0 saturated heterocycles. The number of hydrogen-bond donors (Lipinski definition) is 0. The highest BCUT2D eigenvalue weighted by molar-refractivity contribution is 5.82. The molecule has 27 heavy (non-hydrogen) atoms. The van der Waals surface area contributed by atoms with Crippen molar-refractivity contribution in [1.29, 1.82) is 0 Å². The van der Waals surface area contributed by atoms with E-state index in [2.05, 4.69) is 17.0 Å². The van der Waals surface area contributed by atoms with Gasteiger partial charge in [0.05, 0.1) is 24.7 Å². The molecule has 0 bridgehead atoms. The second kappa shape index (κ2) is 7.96. The largest absolute Gasteiger partial charge is 0.477 e. The Kier molecular flexibility index (Phi) is 5.46. The van der Waals surface area contributed by atoms with E-state index in [0.29, 0.717) is 29.7 Å². The van der Waals surface area contributed by atoms with E-state index < -0.39 is 4.92 Å². The fraction of sp³-hybridized carbons (Fsp3) is 0.211. The molecular formula is C19H19N4O4. The summed E-state index contributed by atoms with van der Waals surface area (Å²) in [7, 11) is 6.95. The quantitative estimate of drug-likeness (QED) is 0.467. The molecule has 1 heterocycles. The number of nitro groups is 1. The summed E-state index contributed by atoms with van der Waals surface area (Å²) in [5, 5.41) is 11.3. The van der Waals surface area contributed by atoms with Gasteiger partial charge in [-0.15, -0.1) is 0 Å². The summed E-state index contributed by atoms with van der Waals surface area (Å²) in [4.78, 5) is 21.4. The van der Waals surface area contributed by atoms with E-state index in [9.17, 15) is 10.1 Å². The molecule has 0 atom stereocenters. The van der Waals surface area contributed by atoms with Gasteiger partial charge in [0, 0.05) is 37.8 Å². The molecule has 8 nitrogen and oxygen atoms in total. The van der Waals surface area contributed by atoms with E-state index in [4.69, 9.17) is 9.47 Å². The molecule has 3 rings (SSSR count). The first kappa shape index (κ1) is 18.5. The second-order valence-corrected chi connectivity index (χ2v) is 5.94. The second-order valence-electron chi connectivity index (χ2n) is 5.94. The maximum Gasteiger partial charge on any atom is 0.278 e. The van der Waals surface area contributed by atoms with Gasteiger partial charge in [-0.3, -0.25) is 15.0 Å². The molecule has 0 fully saturated rings. The standard InChI is InChI=1S/C19H19N4O4/c1-22(11-13-7-5-4-6-8-13)12-14-9-15(23(24)25)10-16-17(14)21-19(27-3)18(20-16)26-2/h4-10H,1,11-12H2,2-3H3. The minimum absolute atomic E-state index is 0.0628. The van der Waals surface area contributed by atoms with Crippen molar-refractivity contribution < 1.29 is 14.4 Å². The molecule has 2 aromatic carbocycles. The van der Waals surface area contributed by atoms with Crippen LogP contribution < -0.4 is 9.47 Å². The van der Waals surface area contributed by atoms with Crippen molar-refractivity contribution in [2.45, 2.75) is 13.1 Å². The monoisotopic (exact) mass is 367 g/mol. The lowest BCUT2D eigenvalue weighted by Crippen LogP contribution is -2.15. The summed E-state index contributed by atoms with van der Waals surface area (Å²) in [6, 6.07) is 12.7. The summed E-state index contributed by atoms with van der Waals surface area (Å²) in [5.41, 5.74) is 2.54. The highest BCUT2D eigenvalue weighted by atomic mass is 16.6. The van der Waals surface area contributed by atoms with E-state index in [-0.39, 0.29) is 17.4 Å². The molecule has 139 valence electrons. The van der Waals surface area contributed by atoms with Crippen LogP contribution in [0, 0.1) is 17.2 Å². The molecule has 0 spiro atoms. The molecule has 0 N–H and O–H groups in total. The van der Waals surface area contributed by atoms with Crippen molar-refractivity contribution in [2.75, 3.05) is 14.2 Å². The van der Waals surface area contributed by atoms with Gasteiger partial charge in [-0.1, -0.05) is 30.3 Å². The van der Waals surface area contributed by atoms with E-state index in [1.54, 1.807) is 0 Å². The molecule has 0 saturated carbocycles. The van der Waals surface area contributed by atoms with E-state index in [1.165, 1.54) is 26.4 Å². The van der Waals surface area contributed by atoms with Gasteiger partial charge in [-0.2, -0.15) is 0 Å². The van der Waals surface area contributed by atoms with Crippen LogP contribution in [0.15, 0.2) is 42.5 Å². The van der Waals surface area contributed by atoms with Gasteiger partial charge in [-0.05, 0) is 5.56 Å². The van der Waals surface area contributed by atoms with E-state index in [1.807, 2.05) is 35.2 Å². The summed E-state index contributed by atoms with van der Waals surface area (Å²) >= 11 is 0. The van der Waals surface area contributed by atoms with Crippen molar-refractivity contribution >= 4 is 16.7 Å². The van der Waals surface area contributed by atoms with Gasteiger partial charge in [0.15, 0.2) is 0 Å². The maximum absolute atomic E-state index is 11.3. The lowest BCUT2D eigenvalue weighted by Gasteiger charge is -2.18. The number of non-ortho nitro benzene ring substituents is 1. The van der Waals surface area contributed by atoms with Gasteiger partial charge in [0.2, 0.25) is 0 Å². The SMILES string of the molecule is [CH2]N(Cc1ccccc1)Cc1cc([N+](=O)[O-])cc2nc(OC)c(OC)nc12. The normalized spacial score (nSPS) is 11.0. The number of fused-ring (bicyclic) bond motifs is 1. The first-order chi connectivity index (χ1) is 13.0. The molecule has 8 heteroatoms. The Morgan fingerprint density at radius 1 is 1.07 bits per heavy atom. The van der Waals surface area contributed by atoms with E-state index in [0.717, 1.165) is 5.56 Å². The molecule has 1 aromatic heterocycles. The molecule has 3 aromatic rings. The first-order valence-corrected chi connectivity index (χ1v) is 8.18. The number of hydrogen-bond acceptors (Lipinski definition) is 7. The predicted octanol–water partition coefficient (Wildman–Crippen LogP) is 3.35. The Morgan fingerprint density at radius 2 is 1.74 bits per heavy atom. The van der Waals surface area contributed by atoms with Crippen LogP contribution in [0.5, 0.6) is 11.8 Å². The number of ether oxygens (including phenoxy) is 2. The van der Waals surface area contributed by atoms with Crippen LogP contribution in [0.4, 0.5) is 5.69 Å². The maximum atomic E-state index is 11.3. The number of nitrogens with zero attached hydrogens (tertiary/aromatic N) is 4. The highest BCUT2D eigenvalue weighted by Crippen LogP contribution is 2.30. The summed E-state index contributed by atoms with van der Waals surface area (Å²) in [5.74, 6) is 0.394. The molecule has 0 aliphatic rings. The van der Waals surface area contributed by atoms with Crippen molar-refractivity contribution in [1.82, 2.24) is 14.9 Å². The minimum Gasteiger partial charge on any atom is -0.477 e. The molecule has 0 amide bonds. The molecular weight excluding hydrogens is 348 g/mol. The third kappa shape index (κ3) is 4.12. The average molecular weight is 367 g/mol. The minimum atomic E-state index is -0.452. The fourth-order valence-corrected chi connectivity index (χ4v) is 2.81. The topological polar surface area (TPSA) is 90.6 Å². The van der Waals surface area contributed by atoms with Crippen LogP contribution in [-0.4, -0.2) is 34.0 Å². The zero-order valence-corrected chi connectivity index (χ0v) is 15.1. The lowest BCUT2D eigenvalue weighted by molar-refractivity contribution is -0.384. The first-order valence-electron chi connectivity index (χ1n) is 8.18. The number of methoxy groups -OCH3 is 2. The molecule has 0 aliphatic carbocycles. The summed E-state index contributed by atoms with van der Waals surface area (Å²) < 4.78 is 10.4. The Balaban J connectivity index is 2.02. The number of aromatic nitrogens is 2. The van der Waals surface area contributed by atoms with Crippen molar-refractivity contribution in [3.05, 3.63) is 70.8 Å². The zero-order valence-electron chi connectivity index (χ0n) is 15.1. The highest BCUT2D eigenvalue weighted by Gasteiger charge is 2.18. The van der Waals surface area contributed by atoms with Crippen LogP contribution in [0.2, 0.25) is 0 Å². The van der Waals surface area contributed by atoms with Crippen LogP contribution in [-0.2, 0) is 13.1 Å². The van der Waals surface area contributed by atoms with E-state index >= 15 is 0 Å². The Labute approximate surface area is 156 Å². The number of benzene rings is 2. The Bertz CT molecular complexity index is 963. The van der Waals surface area contributed by atoms with Gasteiger partial charge < -0.3 is 9.47 Å². The Hall–Kier alpha value is -3.26. The number of nitro benzene ring substituents is 1. The zero-order chi connectivity index (χ0) is 19.4. The smallest absolute Gasteiger partial charge is 0.278 e. The van der Waals surface area contributed by atoms with Crippen molar-refractivity contribution in [3.8, 4) is 11.8 Å². The predicted molar refractivity (Wildman–Crippen MR) is 100 cm³/mol. The summed E-state index contributed by atoms with van der Waals surface area (Å²) in [6.45, 7) is 0.947. The van der Waals surface area contributed by atoms with Gasteiger partial charge >= 0.3 is 0 Å². The van der Waals surface area contributed by atoms with Crippen LogP contribution in [0.3, 0.4) is 0 Å². The van der Waals surface area contributed by atoms with Crippen molar-refractivity contribution in [2.24, 2.45) is 0 Å². The third-order valence-electron chi connectivity index (χ3n) is 4.01. The fourth-order valence-electron chi connectivity index (χ4n) is 2.81. The van der Waals surface area contributed by atoms with Crippen molar-refractivity contribution in [3.63, 3.8) is 0 Å². The van der Waals surface area contributed by atoms with Crippen LogP contribution in [0.1, 0.15) is 11.1 Å². The van der Waals surface area contributed by atoms with Crippen LogP contribution >= 0.6 is 0 Å². The van der Waals surface area contributed by atoms with Crippen LogP contribution in [0.25, 0.3) is 11.0 Å². The van der Waals surface area contributed by atoms with Gasteiger partial charge in [-0.25, -0.2) is 9.97 Å². The van der Waals surface area contributed by atoms with Gasteiger partial charge in [0.1, 0.15) is 5.52 Å². The average Bonchev–Trinajstić information content (AvgIpc) is 2.67. The van der Waals surface area contributed by atoms with Gasteiger partial charge in [0.25, 0.3) is 17.4 Å². The molecule has 0 aliphatic heterocycles. The Morgan fingerprint density at radius 3 is 2.37 bits per heavy atom. The summed E-state index contributed by atoms with van der Waals surface area (Å²) in [6.07, 6.45) is 0. The number of rotatable bonds is 7. The molecule has 1 radical (unpaired) electrons.